The van der Waals surface area contributed by atoms with Gasteiger partial charge in [0.1, 0.15) is 12.9 Å². The van der Waals surface area contributed by atoms with E-state index >= 15 is 0 Å². The highest BCUT2D eigenvalue weighted by Gasteiger charge is 2.48. The molecule has 1 saturated heterocycles. The maximum Gasteiger partial charge on any atom is 0.243 e. The van der Waals surface area contributed by atoms with E-state index in [0.717, 1.165) is 16.7 Å². The molecule has 3 aliphatic rings. The number of ether oxygens (including phenoxy) is 4. The van der Waals surface area contributed by atoms with E-state index in [-0.39, 0.29) is 37.4 Å². The van der Waals surface area contributed by atoms with Crippen molar-refractivity contribution in [3.05, 3.63) is 65.2 Å². The number of rotatable bonds is 6. The minimum Gasteiger partial charge on any atom is -0.454 e. The number of aliphatic hydroxyl groups is 1. The minimum atomic E-state index is -3.78. The smallest absolute Gasteiger partial charge is 0.243 e. The Morgan fingerprint density at radius 1 is 1.12 bits per heavy atom. The number of methoxy groups -OCH3 is 1. The van der Waals surface area contributed by atoms with Crippen molar-refractivity contribution >= 4 is 10.0 Å². The van der Waals surface area contributed by atoms with E-state index in [9.17, 15) is 13.5 Å². The first-order chi connectivity index (χ1) is 15.9. The fraction of sp³-hybridized carbons (Fsp3) is 0.417. The number of benzene rings is 2. The first kappa shape index (κ1) is 22.4. The van der Waals surface area contributed by atoms with Crippen LogP contribution in [0.15, 0.2) is 59.0 Å². The molecule has 2 aliphatic heterocycles. The van der Waals surface area contributed by atoms with Gasteiger partial charge >= 0.3 is 0 Å². The third kappa shape index (κ3) is 4.04. The van der Waals surface area contributed by atoms with Gasteiger partial charge in [0.2, 0.25) is 16.8 Å². The summed E-state index contributed by atoms with van der Waals surface area (Å²) in [5, 5.41) is 10.7. The molecule has 0 unspecified atom stereocenters. The molecule has 176 valence electrons. The van der Waals surface area contributed by atoms with Gasteiger partial charge in [-0.3, -0.25) is 0 Å². The van der Waals surface area contributed by atoms with E-state index in [1.807, 2.05) is 31.2 Å². The summed E-state index contributed by atoms with van der Waals surface area (Å²) in [6.07, 6.45) is 0.680. The van der Waals surface area contributed by atoms with Gasteiger partial charge in [-0.15, -0.1) is 0 Å². The Balaban J connectivity index is 1.55. The second-order valence-corrected chi connectivity index (χ2v) is 10.5. The van der Waals surface area contributed by atoms with Crippen molar-refractivity contribution in [2.75, 3.05) is 27.2 Å². The van der Waals surface area contributed by atoms with E-state index in [0.29, 0.717) is 11.5 Å². The number of nitrogens with zero attached hydrogens (tertiary/aromatic N) is 1. The maximum atomic E-state index is 13.6. The predicted octanol–water partition coefficient (Wildman–Crippen LogP) is 2.56. The molecule has 4 atom stereocenters. The van der Waals surface area contributed by atoms with Gasteiger partial charge < -0.3 is 24.1 Å². The molecule has 9 heteroatoms. The van der Waals surface area contributed by atoms with Gasteiger partial charge in [-0.25, -0.2) is 8.42 Å². The fourth-order valence-electron chi connectivity index (χ4n) is 4.80. The molecule has 0 spiro atoms. The Hall–Kier alpha value is -2.43. The van der Waals surface area contributed by atoms with Crippen molar-refractivity contribution in [1.82, 2.24) is 4.31 Å². The second kappa shape index (κ2) is 8.73. The van der Waals surface area contributed by atoms with E-state index in [2.05, 4.69) is 0 Å². The average molecular weight is 474 g/mol. The van der Waals surface area contributed by atoms with Crippen molar-refractivity contribution in [2.45, 2.75) is 42.4 Å². The summed E-state index contributed by atoms with van der Waals surface area (Å²) in [7, 11) is -2.26. The number of aryl methyl sites for hydroxylation is 1. The summed E-state index contributed by atoms with van der Waals surface area (Å²) in [5.74, 6) is 1.12. The first-order valence-electron chi connectivity index (χ1n) is 10.9. The summed E-state index contributed by atoms with van der Waals surface area (Å²) < 4.78 is 50.5. The Morgan fingerprint density at radius 3 is 2.64 bits per heavy atom. The molecule has 2 heterocycles. The second-order valence-electron chi connectivity index (χ2n) is 8.58. The molecule has 2 aromatic rings. The molecular weight excluding hydrogens is 446 g/mol. The first-order valence-corrected chi connectivity index (χ1v) is 12.3. The van der Waals surface area contributed by atoms with Crippen LogP contribution in [-0.4, -0.2) is 63.3 Å². The van der Waals surface area contributed by atoms with Crippen LogP contribution in [0.25, 0.3) is 0 Å². The molecule has 5 rings (SSSR count). The van der Waals surface area contributed by atoms with Gasteiger partial charge in [0, 0.05) is 25.6 Å². The molecule has 1 fully saturated rings. The van der Waals surface area contributed by atoms with Crippen LogP contribution in [0, 0.1) is 6.92 Å². The molecule has 1 aliphatic carbocycles. The molecule has 8 nitrogen and oxygen atoms in total. The van der Waals surface area contributed by atoms with E-state index in [1.165, 1.54) is 11.4 Å². The summed E-state index contributed by atoms with van der Waals surface area (Å²) in [4.78, 5) is 0.242. The van der Waals surface area contributed by atoms with Crippen molar-refractivity contribution < 1.29 is 32.5 Å². The summed E-state index contributed by atoms with van der Waals surface area (Å²) in [5.41, 5.74) is 2.83. The van der Waals surface area contributed by atoms with Gasteiger partial charge in [-0.2, -0.15) is 4.31 Å². The van der Waals surface area contributed by atoms with Crippen molar-refractivity contribution in [1.29, 1.82) is 0 Å². The Morgan fingerprint density at radius 2 is 1.88 bits per heavy atom. The third-order valence-electron chi connectivity index (χ3n) is 6.50. The third-order valence-corrected chi connectivity index (χ3v) is 8.39. The van der Waals surface area contributed by atoms with Crippen LogP contribution in [-0.2, 0) is 19.5 Å². The van der Waals surface area contributed by atoms with Crippen LogP contribution < -0.4 is 9.47 Å². The van der Waals surface area contributed by atoms with Crippen LogP contribution >= 0.6 is 0 Å². The molecule has 0 amide bonds. The van der Waals surface area contributed by atoms with Crippen LogP contribution in [0.2, 0.25) is 0 Å². The average Bonchev–Trinajstić information content (AvgIpc) is 3.42. The summed E-state index contributed by atoms with van der Waals surface area (Å²) in [6, 6.07) is 12.1. The zero-order chi connectivity index (χ0) is 23.2. The van der Waals surface area contributed by atoms with Crippen molar-refractivity contribution in [3.8, 4) is 11.5 Å². The number of aliphatic hydroxyl groups excluding tert-OH is 1. The molecule has 0 bridgehead atoms. The lowest BCUT2D eigenvalue weighted by Crippen LogP contribution is -2.43. The van der Waals surface area contributed by atoms with E-state index in [1.54, 1.807) is 24.3 Å². The summed E-state index contributed by atoms with van der Waals surface area (Å²) in [6.45, 7) is 2.38. The minimum absolute atomic E-state index is 0.0379. The molecular formula is C24H27NO7S. The number of hydrogen-bond donors (Lipinski definition) is 1. The fourth-order valence-corrected chi connectivity index (χ4v) is 6.44. The highest BCUT2D eigenvalue weighted by atomic mass is 32.2. The molecule has 0 saturated carbocycles. The van der Waals surface area contributed by atoms with Crippen LogP contribution in [0.1, 0.15) is 23.5 Å². The van der Waals surface area contributed by atoms with Gasteiger partial charge in [0.15, 0.2) is 11.5 Å². The van der Waals surface area contributed by atoms with Gasteiger partial charge in [0.25, 0.3) is 0 Å². The highest BCUT2D eigenvalue weighted by Crippen LogP contribution is 2.46. The zero-order valence-corrected chi connectivity index (χ0v) is 19.3. The van der Waals surface area contributed by atoms with Crippen LogP contribution in [0.4, 0.5) is 0 Å². The highest BCUT2D eigenvalue weighted by molar-refractivity contribution is 7.89. The monoisotopic (exact) mass is 473 g/mol. The van der Waals surface area contributed by atoms with Crippen LogP contribution in [0.3, 0.4) is 0 Å². The lowest BCUT2D eigenvalue weighted by Gasteiger charge is -2.33. The number of hydrogen-bond acceptors (Lipinski definition) is 7. The zero-order valence-electron chi connectivity index (χ0n) is 18.5. The Labute approximate surface area is 193 Å². The van der Waals surface area contributed by atoms with Crippen molar-refractivity contribution in [3.63, 3.8) is 0 Å². The molecule has 0 aromatic heterocycles. The predicted molar refractivity (Wildman–Crippen MR) is 120 cm³/mol. The lowest BCUT2D eigenvalue weighted by molar-refractivity contribution is -0.0991. The molecule has 1 N–H and O–H groups in total. The standard InChI is InChI=1S/C24H27NO7S/c1-15-3-6-17(7-4-15)33(27,28)25-12-19(16-5-8-22-24(9-16)32-14-31-22)18-10-23(30-13-29-2)21(26)11-20(18)25/h3-10,19-21,23,26H,11-14H2,1-2H3/t19-,20+,21-,23+/m0/s1. The number of fused-ring (bicyclic) bond motifs is 2. The Bertz CT molecular complexity index is 1160. The molecule has 2 aromatic carbocycles. The topological polar surface area (TPSA) is 94.5 Å². The van der Waals surface area contributed by atoms with E-state index in [4.69, 9.17) is 18.9 Å². The van der Waals surface area contributed by atoms with E-state index < -0.39 is 28.3 Å². The largest absolute Gasteiger partial charge is 0.454 e. The van der Waals surface area contributed by atoms with Crippen molar-refractivity contribution in [2.24, 2.45) is 0 Å². The van der Waals surface area contributed by atoms with Gasteiger partial charge in [-0.05, 0) is 48.7 Å². The van der Waals surface area contributed by atoms with Crippen LogP contribution in [0.5, 0.6) is 11.5 Å². The summed E-state index contributed by atoms with van der Waals surface area (Å²) >= 11 is 0. The quantitative estimate of drug-likeness (QED) is 0.509. The molecule has 0 radical (unpaired) electrons. The Kier molecular flexibility index (Phi) is 5.92. The number of sulfonamides is 1. The maximum absolute atomic E-state index is 13.6. The van der Waals surface area contributed by atoms with Gasteiger partial charge in [0.05, 0.1) is 11.0 Å². The lowest BCUT2D eigenvalue weighted by atomic mass is 9.83. The van der Waals surface area contributed by atoms with Gasteiger partial charge in [-0.1, -0.05) is 29.8 Å². The molecule has 33 heavy (non-hydrogen) atoms. The normalized spacial score (nSPS) is 26.8. The SMILES string of the molecule is COCO[C@@H]1C=C2[C@H](c3ccc4c(c3)OCO4)CN(S(=O)(=O)c3ccc(C)cc3)[C@@H]2C[C@@H]1O.